The third-order valence-electron chi connectivity index (χ3n) is 11.1. The normalized spacial score (nSPS) is 13.6. The van der Waals surface area contributed by atoms with Crippen molar-refractivity contribution >= 4 is 58.5 Å². The Labute approximate surface area is 320 Å². The Morgan fingerprint density at radius 3 is 1.52 bits per heavy atom. The summed E-state index contributed by atoms with van der Waals surface area (Å²) in [5, 5.41) is 0. The first-order valence-corrected chi connectivity index (χ1v) is 23.6. The first-order valence-electron chi connectivity index (χ1n) is 17.8. The quantitative estimate of drug-likeness (QED) is 0.156. The number of rotatable bonds is 5. The molecule has 0 N–H and O–H groups in total. The fourth-order valence-corrected chi connectivity index (χ4v) is 21.6. The predicted octanol–water partition coefficient (Wildman–Crippen LogP) is 10.3. The van der Waals surface area contributed by atoms with Gasteiger partial charge < -0.3 is 0 Å². The van der Waals surface area contributed by atoms with Crippen molar-refractivity contribution in [2.75, 3.05) is 0 Å². The summed E-state index contributed by atoms with van der Waals surface area (Å²) in [7, 11) is 0. The third-order valence-corrected chi connectivity index (χ3v) is 22.6. The molecule has 246 valence electrons. The van der Waals surface area contributed by atoms with Gasteiger partial charge in [-0.2, -0.15) is 0 Å². The molecule has 52 heavy (non-hydrogen) atoms. The Bertz CT molecular complexity index is 2530. The monoisotopic (exact) mass is 806 g/mol. The SMILES string of the molecule is Brc1cc(-c2ccccc2)c[c]([Ge]([c]2ccccc2)([c]2ccccc2)[c]2ccc3c(c2)Sc2ccccc2C32c3ccccc3-c3ccccc32)c1. The predicted molar refractivity (Wildman–Crippen MR) is 225 cm³/mol. The van der Waals surface area contributed by atoms with E-state index >= 15 is 0 Å². The van der Waals surface area contributed by atoms with E-state index < -0.39 is 18.7 Å². The number of hydrogen-bond donors (Lipinski definition) is 0. The van der Waals surface area contributed by atoms with Gasteiger partial charge in [-0.1, -0.05) is 0 Å². The van der Waals surface area contributed by atoms with Gasteiger partial charge in [-0.15, -0.1) is 0 Å². The number of benzene rings is 8. The van der Waals surface area contributed by atoms with Gasteiger partial charge in [0.05, 0.1) is 0 Å². The van der Waals surface area contributed by atoms with E-state index in [1.165, 1.54) is 71.9 Å². The Kier molecular flexibility index (Phi) is 7.75. The van der Waals surface area contributed by atoms with E-state index in [-0.39, 0.29) is 0 Å². The molecule has 1 aliphatic carbocycles. The molecule has 1 aliphatic heterocycles. The molecule has 0 radical (unpaired) electrons. The average molecular weight is 806 g/mol. The zero-order valence-electron chi connectivity index (χ0n) is 28.3. The van der Waals surface area contributed by atoms with Crippen LogP contribution in [0.15, 0.2) is 214 Å². The second-order valence-electron chi connectivity index (χ2n) is 13.7. The molecule has 0 fully saturated rings. The summed E-state index contributed by atoms with van der Waals surface area (Å²) in [4.78, 5) is 2.66. The van der Waals surface area contributed by atoms with Crippen LogP contribution < -0.4 is 17.6 Å². The van der Waals surface area contributed by atoms with Crippen molar-refractivity contribution in [2.45, 2.75) is 15.2 Å². The first kappa shape index (κ1) is 31.8. The topological polar surface area (TPSA) is 0 Å². The first-order chi connectivity index (χ1) is 25.7. The van der Waals surface area contributed by atoms with Crippen LogP contribution in [0.5, 0.6) is 0 Å². The van der Waals surface area contributed by atoms with Crippen LogP contribution in [0.3, 0.4) is 0 Å². The zero-order chi connectivity index (χ0) is 34.7. The van der Waals surface area contributed by atoms with Crippen LogP contribution in [0.25, 0.3) is 22.3 Å². The van der Waals surface area contributed by atoms with Crippen molar-refractivity contribution in [3.63, 3.8) is 0 Å². The van der Waals surface area contributed by atoms with E-state index in [2.05, 4.69) is 216 Å². The Morgan fingerprint density at radius 2 is 0.885 bits per heavy atom. The summed E-state index contributed by atoms with van der Waals surface area (Å²) in [6.45, 7) is 0. The minimum atomic E-state index is -3.68. The van der Waals surface area contributed by atoms with Gasteiger partial charge in [0, 0.05) is 0 Å². The summed E-state index contributed by atoms with van der Waals surface area (Å²) >= 11 is 2.25. The average Bonchev–Trinajstić information content (AvgIpc) is 3.50. The molecule has 0 nitrogen and oxygen atoms in total. The maximum atomic E-state index is 4.00. The molecule has 1 heterocycles. The molecule has 3 heteroatoms. The van der Waals surface area contributed by atoms with Crippen molar-refractivity contribution < 1.29 is 0 Å². The summed E-state index contributed by atoms with van der Waals surface area (Å²) in [5.41, 5.74) is 10.2. The molecular weight excluding hydrogens is 773 g/mol. The van der Waals surface area contributed by atoms with E-state index in [0.29, 0.717) is 0 Å². The Hall–Kier alpha value is -4.87. The molecule has 0 aromatic heterocycles. The van der Waals surface area contributed by atoms with Gasteiger partial charge in [0.2, 0.25) is 0 Å². The van der Waals surface area contributed by atoms with E-state index in [4.69, 9.17) is 0 Å². The molecule has 0 unspecified atom stereocenters. The van der Waals surface area contributed by atoms with Gasteiger partial charge in [0.15, 0.2) is 0 Å². The van der Waals surface area contributed by atoms with E-state index in [1.54, 1.807) is 0 Å². The number of halogens is 1. The van der Waals surface area contributed by atoms with Crippen LogP contribution in [0.2, 0.25) is 0 Å². The molecule has 0 saturated carbocycles. The summed E-state index contributed by atoms with van der Waals surface area (Å²) < 4.78 is 6.76. The number of fused-ring (bicyclic) bond motifs is 9. The second-order valence-corrected chi connectivity index (χ2v) is 23.7. The fourth-order valence-electron chi connectivity index (χ4n) is 9.07. The molecular formula is C49H33BrGeS. The summed E-state index contributed by atoms with van der Waals surface area (Å²) in [6, 6.07) is 75.5. The van der Waals surface area contributed by atoms with Gasteiger partial charge >= 0.3 is 323 Å². The Morgan fingerprint density at radius 1 is 0.365 bits per heavy atom. The van der Waals surface area contributed by atoms with Crippen molar-refractivity contribution in [1.82, 2.24) is 0 Å². The molecule has 8 aromatic rings. The van der Waals surface area contributed by atoms with Crippen molar-refractivity contribution in [1.29, 1.82) is 0 Å². The van der Waals surface area contributed by atoms with E-state index in [9.17, 15) is 0 Å². The van der Waals surface area contributed by atoms with Gasteiger partial charge in [0.1, 0.15) is 0 Å². The van der Waals surface area contributed by atoms with Crippen molar-refractivity contribution in [3.8, 4) is 22.3 Å². The van der Waals surface area contributed by atoms with Gasteiger partial charge in [-0.25, -0.2) is 0 Å². The molecule has 0 bridgehead atoms. The number of hydrogen-bond acceptors (Lipinski definition) is 1. The van der Waals surface area contributed by atoms with Crippen LogP contribution in [0, 0.1) is 0 Å². The molecule has 10 rings (SSSR count). The van der Waals surface area contributed by atoms with Crippen molar-refractivity contribution in [2.24, 2.45) is 0 Å². The van der Waals surface area contributed by atoms with Gasteiger partial charge in [-0.05, 0) is 0 Å². The summed E-state index contributed by atoms with van der Waals surface area (Å²) in [5.74, 6) is 0. The van der Waals surface area contributed by atoms with Crippen LogP contribution >= 0.6 is 27.7 Å². The third kappa shape index (κ3) is 4.67. The maximum absolute atomic E-state index is 4.00. The van der Waals surface area contributed by atoms with Crippen LogP contribution in [0.1, 0.15) is 22.3 Å². The molecule has 1 spiro atoms. The van der Waals surface area contributed by atoms with Crippen LogP contribution in [0.4, 0.5) is 0 Å². The van der Waals surface area contributed by atoms with E-state index in [1.807, 2.05) is 11.8 Å². The van der Waals surface area contributed by atoms with E-state index in [0.717, 1.165) is 4.47 Å². The van der Waals surface area contributed by atoms with Gasteiger partial charge in [0.25, 0.3) is 0 Å². The minimum absolute atomic E-state index is 0.395. The Balaban J connectivity index is 1.30. The van der Waals surface area contributed by atoms with Crippen molar-refractivity contribution in [3.05, 3.63) is 227 Å². The second kappa shape index (κ2) is 12.7. The molecule has 0 atom stereocenters. The molecule has 2 aliphatic rings. The van der Waals surface area contributed by atoms with Gasteiger partial charge in [-0.3, -0.25) is 0 Å². The standard InChI is InChI=1S/C49H33BrGeS/c50-36-30-35(34-16-4-1-5-17-34)31-40(32-36)51(37-18-6-2-7-19-37,38-20-8-3-9-21-38)39-28-29-46-48(33-39)52-47-27-15-14-26-45(47)49(46)43-24-12-10-22-41(43)42-23-11-13-25-44(42)49/h1-33H. The molecule has 0 saturated heterocycles. The van der Waals surface area contributed by atoms with Crippen LogP contribution in [-0.4, -0.2) is 13.3 Å². The molecule has 0 amide bonds. The fraction of sp³-hybridized carbons (Fsp3) is 0.0204. The summed E-state index contributed by atoms with van der Waals surface area (Å²) in [6.07, 6.45) is 0. The zero-order valence-corrected chi connectivity index (χ0v) is 32.8. The molecule has 8 aromatic carbocycles. The van der Waals surface area contributed by atoms with Crippen LogP contribution in [-0.2, 0) is 5.41 Å².